The van der Waals surface area contributed by atoms with E-state index in [0.717, 1.165) is 0 Å². The zero-order valence-electron chi connectivity index (χ0n) is 10.5. The van der Waals surface area contributed by atoms with E-state index in [0.29, 0.717) is 11.3 Å². The molecular formula is C13H26S. The van der Waals surface area contributed by atoms with Crippen LogP contribution in [0.15, 0.2) is 11.5 Å². The second kappa shape index (κ2) is 6.55. The molecule has 1 heteroatoms. The predicted molar refractivity (Wildman–Crippen MR) is 69.7 cm³/mol. The lowest BCUT2D eigenvalue weighted by Crippen LogP contribution is -2.04. The van der Waals surface area contributed by atoms with Gasteiger partial charge in [0.05, 0.1) is 0 Å². The Labute approximate surface area is 94.6 Å². The lowest BCUT2D eigenvalue weighted by Gasteiger charge is -2.17. The fraction of sp³-hybridized carbons (Fsp3) is 0.846. The van der Waals surface area contributed by atoms with Crippen molar-refractivity contribution in [3.05, 3.63) is 11.5 Å². The molecule has 0 saturated heterocycles. The number of hydrogen-bond acceptors (Lipinski definition) is 1. The van der Waals surface area contributed by atoms with Crippen LogP contribution in [0.2, 0.25) is 0 Å². The SMILES string of the molecule is C=C(SCCCCC(C)(C)C)C(C)C. The van der Waals surface area contributed by atoms with Gasteiger partial charge in [0.1, 0.15) is 0 Å². The second-order valence-corrected chi connectivity index (χ2v) is 6.71. The maximum absolute atomic E-state index is 4.06. The third-order valence-electron chi connectivity index (χ3n) is 2.25. The molecule has 0 heterocycles. The van der Waals surface area contributed by atoms with Gasteiger partial charge in [0.25, 0.3) is 0 Å². The third-order valence-corrected chi connectivity index (χ3v) is 3.59. The lowest BCUT2D eigenvalue weighted by atomic mass is 9.90. The molecule has 0 aromatic carbocycles. The number of hydrogen-bond donors (Lipinski definition) is 0. The number of thioether (sulfide) groups is 1. The zero-order chi connectivity index (χ0) is 11.2. The van der Waals surface area contributed by atoms with Crippen LogP contribution >= 0.6 is 11.8 Å². The molecule has 0 bridgehead atoms. The molecule has 84 valence electrons. The van der Waals surface area contributed by atoms with Crippen molar-refractivity contribution in [2.45, 2.75) is 53.9 Å². The van der Waals surface area contributed by atoms with Crippen molar-refractivity contribution in [3.63, 3.8) is 0 Å². The van der Waals surface area contributed by atoms with Gasteiger partial charge in [-0.2, -0.15) is 0 Å². The number of allylic oxidation sites excluding steroid dienone is 1. The summed E-state index contributed by atoms with van der Waals surface area (Å²) in [5.41, 5.74) is 0.500. The Hall–Kier alpha value is 0.0900. The molecule has 0 saturated carbocycles. The fourth-order valence-corrected chi connectivity index (χ4v) is 2.07. The van der Waals surface area contributed by atoms with Crippen molar-refractivity contribution in [2.75, 3.05) is 5.75 Å². The molecule has 0 aliphatic rings. The Morgan fingerprint density at radius 3 is 2.21 bits per heavy atom. The molecule has 0 aromatic heterocycles. The van der Waals surface area contributed by atoms with Gasteiger partial charge in [-0.15, -0.1) is 11.8 Å². The summed E-state index contributed by atoms with van der Waals surface area (Å²) in [6.45, 7) is 15.4. The van der Waals surface area contributed by atoms with Crippen molar-refractivity contribution in [3.8, 4) is 0 Å². The minimum atomic E-state index is 0.500. The molecule has 0 radical (unpaired) electrons. The summed E-state index contributed by atoms with van der Waals surface area (Å²) >= 11 is 1.94. The van der Waals surface area contributed by atoms with E-state index in [1.807, 2.05) is 11.8 Å². The van der Waals surface area contributed by atoms with Crippen LogP contribution in [0.5, 0.6) is 0 Å². The average Bonchev–Trinajstić information content (AvgIpc) is 2.01. The highest BCUT2D eigenvalue weighted by Gasteiger charge is 2.09. The van der Waals surface area contributed by atoms with Gasteiger partial charge in [-0.25, -0.2) is 0 Å². The van der Waals surface area contributed by atoms with E-state index in [4.69, 9.17) is 0 Å². The highest BCUT2D eigenvalue weighted by Crippen LogP contribution is 2.25. The maximum atomic E-state index is 4.06. The normalized spacial score (nSPS) is 12.1. The Balaban J connectivity index is 3.35. The Kier molecular flexibility index (Phi) is 6.59. The Morgan fingerprint density at radius 1 is 1.21 bits per heavy atom. The van der Waals surface area contributed by atoms with Crippen LogP contribution in [-0.2, 0) is 0 Å². The summed E-state index contributed by atoms with van der Waals surface area (Å²) in [5.74, 6) is 1.87. The van der Waals surface area contributed by atoms with E-state index in [-0.39, 0.29) is 0 Å². The van der Waals surface area contributed by atoms with Gasteiger partial charge in [0.2, 0.25) is 0 Å². The van der Waals surface area contributed by atoms with Gasteiger partial charge in [-0.1, -0.05) is 47.6 Å². The van der Waals surface area contributed by atoms with E-state index >= 15 is 0 Å². The van der Waals surface area contributed by atoms with Crippen molar-refractivity contribution in [1.29, 1.82) is 0 Å². The van der Waals surface area contributed by atoms with Crippen LogP contribution < -0.4 is 0 Å². The van der Waals surface area contributed by atoms with Crippen molar-refractivity contribution in [1.82, 2.24) is 0 Å². The maximum Gasteiger partial charge on any atom is -0.00233 e. The average molecular weight is 214 g/mol. The summed E-state index contributed by atoms with van der Waals surface area (Å²) in [6.07, 6.45) is 4.01. The van der Waals surface area contributed by atoms with Gasteiger partial charge in [0.15, 0.2) is 0 Å². The van der Waals surface area contributed by atoms with Gasteiger partial charge in [0, 0.05) is 0 Å². The molecule has 0 atom stereocenters. The monoisotopic (exact) mass is 214 g/mol. The Bertz CT molecular complexity index is 163. The molecule has 0 aliphatic heterocycles. The van der Waals surface area contributed by atoms with E-state index in [1.54, 1.807) is 0 Å². The van der Waals surface area contributed by atoms with Crippen LogP contribution in [-0.4, -0.2) is 5.75 Å². The standard InChI is InChI=1S/C13H26S/c1-11(2)12(3)14-10-8-7-9-13(4,5)6/h11H,3,7-10H2,1-2,4-6H3. The predicted octanol–water partition coefficient (Wildman–Crippen LogP) is 5.11. The molecule has 0 aromatic rings. The first-order chi connectivity index (χ1) is 6.33. The van der Waals surface area contributed by atoms with Crippen LogP contribution in [0, 0.1) is 11.3 Å². The largest absolute Gasteiger partial charge is 0.131 e. The molecule has 0 amide bonds. The first kappa shape index (κ1) is 14.1. The molecular weight excluding hydrogens is 188 g/mol. The molecule has 0 unspecified atom stereocenters. The smallest absolute Gasteiger partial charge is 0.00233 e. The highest BCUT2D eigenvalue weighted by molar-refractivity contribution is 8.03. The van der Waals surface area contributed by atoms with Gasteiger partial charge >= 0.3 is 0 Å². The Morgan fingerprint density at radius 2 is 1.79 bits per heavy atom. The minimum absolute atomic E-state index is 0.500. The van der Waals surface area contributed by atoms with Crippen molar-refractivity contribution >= 4 is 11.8 Å². The number of rotatable bonds is 6. The highest BCUT2D eigenvalue weighted by atomic mass is 32.2. The summed E-state index contributed by atoms with van der Waals surface area (Å²) < 4.78 is 0. The van der Waals surface area contributed by atoms with Gasteiger partial charge in [-0.3, -0.25) is 0 Å². The first-order valence-electron chi connectivity index (χ1n) is 5.64. The van der Waals surface area contributed by atoms with E-state index in [1.165, 1.54) is 29.9 Å². The van der Waals surface area contributed by atoms with Crippen molar-refractivity contribution < 1.29 is 0 Å². The van der Waals surface area contributed by atoms with Crippen LogP contribution in [0.1, 0.15) is 53.9 Å². The molecule has 14 heavy (non-hydrogen) atoms. The quantitative estimate of drug-likeness (QED) is 0.554. The third kappa shape index (κ3) is 8.68. The fourth-order valence-electron chi connectivity index (χ4n) is 1.13. The zero-order valence-corrected chi connectivity index (χ0v) is 11.3. The first-order valence-corrected chi connectivity index (χ1v) is 6.63. The molecule has 0 N–H and O–H groups in total. The summed E-state index contributed by atoms with van der Waals surface area (Å²) in [5, 5.41) is 0. The van der Waals surface area contributed by atoms with Crippen LogP contribution in [0.4, 0.5) is 0 Å². The molecule has 0 rings (SSSR count). The summed E-state index contributed by atoms with van der Waals surface area (Å²) in [7, 11) is 0. The van der Waals surface area contributed by atoms with Crippen LogP contribution in [0.3, 0.4) is 0 Å². The summed E-state index contributed by atoms with van der Waals surface area (Å²) in [4.78, 5) is 1.33. The molecule has 0 nitrogen and oxygen atoms in total. The minimum Gasteiger partial charge on any atom is -0.131 e. The van der Waals surface area contributed by atoms with E-state index in [9.17, 15) is 0 Å². The number of unbranched alkanes of at least 4 members (excludes halogenated alkanes) is 1. The molecule has 0 fully saturated rings. The van der Waals surface area contributed by atoms with E-state index in [2.05, 4.69) is 41.2 Å². The lowest BCUT2D eigenvalue weighted by molar-refractivity contribution is 0.364. The topological polar surface area (TPSA) is 0 Å². The van der Waals surface area contributed by atoms with Crippen LogP contribution in [0.25, 0.3) is 0 Å². The molecule has 0 aliphatic carbocycles. The molecule has 0 spiro atoms. The second-order valence-electron chi connectivity index (χ2n) is 5.49. The van der Waals surface area contributed by atoms with Gasteiger partial charge < -0.3 is 0 Å². The van der Waals surface area contributed by atoms with E-state index < -0.39 is 0 Å². The van der Waals surface area contributed by atoms with Gasteiger partial charge in [-0.05, 0) is 34.8 Å². The summed E-state index contributed by atoms with van der Waals surface area (Å²) in [6, 6.07) is 0. The van der Waals surface area contributed by atoms with Crippen molar-refractivity contribution in [2.24, 2.45) is 11.3 Å².